The van der Waals surface area contributed by atoms with Crippen LogP contribution >= 0.6 is 0 Å². The lowest BCUT2D eigenvalue weighted by Gasteiger charge is -2.11. The lowest BCUT2D eigenvalue weighted by Crippen LogP contribution is -2.23. The minimum Gasteiger partial charge on any atom is -0.350 e. The molecule has 158 valence electrons. The van der Waals surface area contributed by atoms with Crippen LogP contribution in [0.4, 0.5) is 0 Å². The predicted octanol–water partition coefficient (Wildman–Crippen LogP) is 4.78. The van der Waals surface area contributed by atoms with Gasteiger partial charge >= 0.3 is 0 Å². The maximum absolute atomic E-state index is 13.2. The summed E-state index contributed by atoms with van der Waals surface area (Å²) in [6, 6.07) is 25.9. The molecule has 5 rings (SSSR count). The summed E-state index contributed by atoms with van der Waals surface area (Å²) < 4.78 is 2.09. The van der Waals surface area contributed by atoms with Crippen LogP contribution in [0.3, 0.4) is 0 Å². The van der Waals surface area contributed by atoms with Gasteiger partial charge in [0.05, 0.1) is 16.8 Å². The fourth-order valence-corrected chi connectivity index (χ4v) is 4.12. The number of fused-ring (bicyclic) bond motifs is 2. The van der Waals surface area contributed by atoms with E-state index >= 15 is 0 Å². The largest absolute Gasteiger partial charge is 0.350 e. The zero-order valence-electron chi connectivity index (χ0n) is 17.9. The molecule has 1 amide bonds. The van der Waals surface area contributed by atoms with Gasteiger partial charge in [-0.05, 0) is 29.3 Å². The van der Waals surface area contributed by atoms with Crippen molar-refractivity contribution in [1.82, 2.24) is 14.9 Å². The second kappa shape index (κ2) is 8.29. The minimum atomic E-state index is -0.118. The van der Waals surface area contributed by atoms with Crippen molar-refractivity contribution in [2.75, 3.05) is 0 Å². The van der Waals surface area contributed by atoms with Crippen molar-refractivity contribution in [3.8, 4) is 11.3 Å². The van der Waals surface area contributed by atoms with E-state index < -0.39 is 0 Å². The third kappa shape index (κ3) is 3.63. The molecule has 0 aliphatic heterocycles. The molecule has 32 heavy (non-hydrogen) atoms. The Morgan fingerprint density at radius 1 is 0.938 bits per heavy atom. The van der Waals surface area contributed by atoms with Crippen LogP contribution < -0.4 is 11.1 Å². The van der Waals surface area contributed by atoms with Gasteiger partial charge in [-0.25, -0.2) is 4.98 Å². The van der Waals surface area contributed by atoms with Gasteiger partial charge in [-0.1, -0.05) is 60.7 Å². The van der Waals surface area contributed by atoms with Gasteiger partial charge < -0.3 is 15.6 Å². The number of aromatic nitrogens is 2. The SMILES string of the molecule is Cn1cc(-c2cc(C(=O)NCc3ccc(CN)cc3)c3ccccc3n2)c2ccccc21. The minimum absolute atomic E-state index is 0.118. The Balaban J connectivity index is 1.54. The molecule has 0 bridgehead atoms. The van der Waals surface area contributed by atoms with E-state index in [0.29, 0.717) is 18.7 Å². The Morgan fingerprint density at radius 2 is 1.62 bits per heavy atom. The molecule has 2 aromatic heterocycles. The van der Waals surface area contributed by atoms with Gasteiger partial charge in [0.25, 0.3) is 5.91 Å². The van der Waals surface area contributed by atoms with Crippen LogP contribution in [0.5, 0.6) is 0 Å². The third-order valence-electron chi connectivity index (χ3n) is 5.85. The van der Waals surface area contributed by atoms with E-state index in [1.807, 2.05) is 73.8 Å². The van der Waals surface area contributed by atoms with E-state index in [0.717, 1.165) is 44.2 Å². The Morgan fingerprint density at radius 3 is 2.41 bits per heavy atom. The highest BCUT2D eigenvalue weighted by Crippen LogP contribution is 2.31. The zero-order chi connectivity index (χ0) is 22.1. The molecule has 0 saturated heterocycles. The first kappa shape index (κ1) is 20.0. The first-order valence-corrected chi connectivity index (χ1v) is 10.6. The van der Waals surface area contributed by atoms with Crippen LogP contribution in [0, 0.1) is 0 Å². The number of hydrogen-bond acceptors (Lipinski definition) is 3. The van der Waals surface area contributed by atoms with Crippen molar-refractivity contribution in [1.29, 1.82) is 0 Å². The molecule has 0 atom stereocenters. The maximum Gasteiger partial charge on any atom is 0.252 e. The molecular formula is C27H24N4O. The van der Waals surface area contributed by atoms with Crippen molar-refractivity contribution in [3.05, 3.63) is 102 Å². The summed E-state index contributed by atoms with van der Waals surface area (Å²) in [5, 5.41) is 5.02. The van der Waals surface area contributed by atoms with Crippen molar-refractivity contribution < 1.29 is 4.79 Å². The van der Waals surface area contributed by atoms with E-state index in [1.165, 1.54) is 0 Å². The number of nitrogens with two attached hydrogens (primary N) is 1. The van der Waals surface area contributed by atoms with Gasteiger partial charge in [-0.2, -0.15) is 0 Å². The summed E-state index contributed by atoms with van der Waals surface area (Å²) in [6.45, 7) is 0.955. The second-order valence-corrected chi connectivity index (χ2v) is 7.95. The fourth-order valence-electron chi connectivity index (χ4n) is 4.12. The molecule has 2 heterocycles. The number of aryl methyl sites for hydroxylation is 1. The quantitative estimate of drug-likeness (QED) is 0.430. The summed E-state index contributed by atoms with van der Waals surface area (Å²) in [4.78, 5) is 18.1. The molecule has 5 heteroatoms. The average molecular weight is 421 g/mol. The number of benzene rings is 3. The lowest BCUT2D eigenvalue weighted by molar-refractivity contribution is 0.0952. The standard InChI is InChI=1S/C27H24N4O/c1-31-17-23(21-7-3-5-9-26(21)31)25-14-22(20-6-2-4-8-24(20)30-25)27(32)29-16-19-12-10-18(15-28)11-13-19/h2-14,17H,15-16,28H2,1H3,(H,29,32). The van der Waals surface area contributed by atoms with Crippen LogP contribution in [0.1, 0.15) is 21.5 Å². The number of rotatable bonds is 5. The molecule has 0 spiro atoms. The summed E-state index contributed by atoms with van der Waals surface area (Å²) in [5.74, 6) is -0.118. The summed E-state index contributed by atoms with van der Waals surface area (Å²) in [7, 11) is 2.02. The van der Waals surface area contributed by atoms with Crippen LogP contribution in [-0.2, 0) is 20.1 Å². The molecule has 3 N–H and O–H groups in total. The Bertz CT molecular complexity index is 1430. The zero-order valence-corrected chi connectivity index (χ0v) is 17.9. The highest BCUT2D eigenvalue weighted by molar-refractivity contribution is 6.08. The van der Waals surface area contributed by atoms with Crippen LogP contribution in [-0.4, -0.2) is 15.5 Å². The molecule has 3 aromatic carbocycles. The molecule has 0 aliphatic rings. The second-order valence-electron chi connectivity index (χ2n) is 7.95. The Kier molecular flexibility index (Phi) is 5.17. The van der Waals surface area contributed by atoms with Gasteiger partial charge in [-0.15, -0.1) is 0 Å². The molecule has 5 nitrogen and oxygen atoms in total. The summed E-state index contributed by atoms with van der Waals surface area (Å²) in [5.41, 5.74) is 12.1. The van der Waals surface area contributed by atoms with Crippen molar-refractivity contribution in [3.63, 3.8) is 0 Å². The normalized spacial score (nSPS) is 11.2. The number of nitrogens with zero attached hydrogens (tertiary/aromatic N) is 2. The van der Waals surface area contributed by atoms with Gasteiger partial charge in [0.1, 0.15) is 0 Å². The Labute approximate surface area is 186 Å². The van der Waals surface area contributed by atoms with Crippen molar-refractivity contribution >= 4 is 27.7 Å². The van der Waals surface area contributed by atoms with E-state index in [2.05, 4.69) is 28.2 Å². The first-order valence-electron chi connectivity index (χ1n) is 10.6. The van der Waals surface area contributed by atoms with Crippen LogP contribution in [0.2, 0.25) is 0 Å². The van der Waals surface area contributed by atoms with Crippen molar-refractivity contribution in [2.45, 2.75) is 13.1 Å². The number of hydrogen-bond donors (Lipinski definition) is 2. The number of amides is 1. The number of carbonyl (C=O) groups is 1. The van der Waals surface area contributed by atoms with Gasteiger partial charge in [0.15, 0.2) is 0 Å². The fraction of sp³-hybridized carbons (Fsp3) is 0.111. The summed E-state index contributed by atoms with van der Waals surface area (Å²) >= 11 is 0. The topological polar surface area (TPSA) is 72.9 Å². The number of pyridine rings is 1. The molecule has 0 fully saturated rings. The van der Waals surface area contributed by atoms with Crippen molar-refractivity contribution in [2.24, 2.45) is 12.8 Å². The van der Waals surface area contributed by atoms with Crippen LogP contribution in [0.15, 0.2) is 85.1 Å². The summed E-state index contributed by atoms with van der Waals surface area (Å²) in [6.07, 6.45) is 2.07. The monoisotopic (exact) mass is 420 g/mol. The molecular weight excluding hydrogens is 396 g/mol. The van der Waals surface area contributed by atoms with Crippen LogP contribution in [0.25, 0.3) is 33.1 Å². The Hall–Kier alpha value is -3.96. The smallest absolute Gasteiger partial charge is 0.252 e. The highest BCUT2D eigenvalue weighted by atomic mass is 16.1. The molecule has 0 aliphatic carbocycles. The average Bonchev–Trinajstić information content (AvgIpc) is 3.19. The molecule has 0 radical (unpaired) electrons. The molecule has 5 aromatic rings. The lowest BCUT2D eigenvalue weighted by atomic mass is 10.0. The predicted molar refractivity (Wildman–Crippen MR) is 129 cm³/mol. The van der Waals surface area contributed by atoms with E-state index in [1.54, 1.807) is 0 Å². The maximum atomic E-state index is 13.2. The molecule has 0 saturated carbocycles. The van der Waals surface area contributed by atoms with Gasteiger partial charge in [0, 0.05) is 48.2 Å². The third-order valence-corrected chi connectivity index (χ3v) is 5.85. The molecule has 0 unspecified atom stereocenters. The number of nitrogens with one attached hydrogen (secondary N) is 1. The van der Waals surface area contributed by atoms with E-state index in [4.69, 9.17) is 10.7 Å². The van der Waals surface area contributed by atoms with Gasteiger partial charge in [0.2, 0.25) is 0 Å². The first-order chi connectivity index (χ1) is 15.6. The van der Waals surface area contributed by atoms with E-state index in [9.17, 15) is 4.79 Å². The number of carbonyl (C=O) groups excluding carboxylic acids is 1. The number of para-hydroxylation sites is 2. The highest BCUT2D eigenvalue weighted by Gasteiger charge is 2.16. The van der Waals surface area contributed by atoms with Gasteiger partial charge in [-0.3, -0.25) is 4.79 Å². The van der Waals surface area contributed by atoms with E-state index in [-0.39, 0.29) is 5.91 Å².